The van der Waals surface area contributed by atoms with Crippen molar-refractivity contribution < 1.29 is 24.0 Å². The minimum atomic E-state index is -0.936. The van der Waals surface area contributed by atoms with Gasteiger partial charge >= 0.3 is 5.97 Å². The fraction of sp³-hybridized carbons (Fsp3) is 0.259. The molecule has 2 aliphatic heterocycles. The third-order valence-electron chi connectivity index (χ3n) is 6.27. The molecule has 0 radical (unpaired) electrons. The number of alkyl halides is 1. The summed E-state index contributed by atoms with van der Waals surface area (Å²) in [5.74, 6) is -1.47. The number of nitrogen functional groups attached to an aromatic ring is 1. The highest BCUT2D eigenvalue weighted by Gasteiger charge is 2.55. The van der Waals surface area contributed by atoms with Crippen molar-refractivity contribution in [2.24, 2.45) is 5.16 Å². The Kier molecular flexibility index (Phi) is 8.86. The highest BCUT2D eigenvalue weighted by molar-refractivity contribution is 8.00. The van der Waals surface area contributed by atoms with Crippen LogP contribution in [-0.4, -0.2) is 67.4 Å². The largest absolute Gasteiger partial charge is 0.448 e. The molecule has 14 heteroatoms. The molecule has 2 unspecified atom stereocenters. The number of hydrogen-bond acceptors (Lipinski definition) is 11. The Morgan fingerprint density at radius 2 is 1.83 bits per heavy atom. The summed E-state index contributed by atoms with van der Waals surface area (Å²) in [5, 5.41) is 6.09. The zero-order chi connectivity index (χ0) is 28.9. The maximum atomic E-state index is 13.7. The van der Waals surface area contributed by atoms with Gasteiger partial charge < -0.3 is 20.6 Å². The lowest BCUT2D eigenvalue weighted by atomic mass is 10.0. The number of anilines is 1. The summed E-state index contributed by atoms with van der Waals surface area (Å²) in [4.78, 5) is 50.6. The van der Waals surface area contributed by atoms with Gasteiger partial charge in [0.1, 0.15) is 23.7 Å². The zero-order valence-electron chi connectivity index (χ0n) is 21.7. The Bertz CT molecular complexity index is 1460. The SMILES string of the molecule is CCO/N=C(/C(=O)NC1C(=O)N2C(C(=O)OC(c3ccccc3)c3ccccc3)=C(CCl)CSC12)c1nsc(N)n1. The van der Waals surface area contributed by atoms with Gasteiger partial charge in [-0.25, -0.2) is 4.79 Å². The van der Waals surface area contributed by atoms with Crippen molar-refractivity contribution in [3.05, 3.63) is 88.9 Å². The fourth-order valence-electron chi connectivity index (χ4n) is 4.38. The van der Waals surface area contributed by atoms with Crippen molar-refractivity contribution in [2.45, 2.75) is 24.4 Å². The molecule has 212 valence electrons. The summed E-state index contributed by atoms with van der Waals surface area (Å²) in [7, 11) is 0. The van der Waals surface area contributed by atoms with Crippen LogP contribution >= 0.6 is 34.9 Å². The first-order valence-electron chi connectivity index (χ1n) is 12.6. The van der Waals surface area contributed by atoms with Gasteiger partial charge in [0.2, 0.25) is 11.5 Å². The standard InChI is InChI=1S/C27H25ClN6O5S2/c1-2-38-32-18(22-31-27(29)41-33-22)23(35)30-19-24(36)34-20(17(13-28)14-40-25(19)34)26(37)39-21(15-9-5-3-6-10-15)16-11-7-4-8-12-16/h3-12,19,21,25H,2,13-14H2,1H3,(H,30,35)(H2,29,31,33)/b32-18+. The molecule has 0 bridgehead atoms. The van der Waals surface area contributed by atoms with E-state index in [0.717, 1.165) is 22.7 Å². The van der Waals surface area contributed by atoms with Crippen LogP contribution in [0.25, 0.3) is 0 Å². The van der Waals surface area contributed by atoms with Gasteiger partial charge in [0.15, 0.2) is 11.2 Å². The first-order valence-corrected chi connectivity index (χ1v) is 14.9. The minimum absolute atomic E-state index is 0.0140. The molecule has 2 aromatic carbocycles. The smallest absolute Gasteiger partial charge is 0.356 e. The molecule has 2 aliphatic rings. The molecule has 1 fully saturated rings. The van der Waals surface area contributed by atoms with E-state index in [-0.39, 0.29) is 34.9 Å². The first kappa shape index (κ1) is 28.6. The quantitative estimate of drug-likeness (QED) is 0.116. The van der Waals surface area contributed by atoms with Gasteiger partial charge in [0.25, 0.3) is 11.8 Å². The van der Waals surface area contributed by atoms with Crippen molar-refractivity contribution in [1.29, 1.82) is 0 Å². The number of rotatable bonds is 10. The number of nitrogens with zero attached hydrogens (tertiary/aromatic N) is 4. The maximum Gasteiger partial charge on any atom is 0.356 e. The van der Waals surface area contributed by atoms with Crippen molar-refractivity contribution >= 4 is 63.5 Å². The van der Waals surface area contributed by atoms with E-state index in [4.69, 9.17) is 26.9 Å². The summed E-state index contributed by atoms with van der Waals surface area (Å²) in [5.41, 5.74) is 7.67. The van der Waals surface area contributed by atoms with Crippen LogP contribution in [0.5, 0.6) is 0 Å². The molecule has 3 heterocycles. The van der Waals surface area contributed by atoms with Crippen molar-refractivity contribution in [3.8, 4) is 0 Å². The number of ether oxygens (including phenoxy) is 1. The third kappa shape index (κ3) is 5.92. The molecule has 3 N–H and O–H groups in total. The van der Waals surface area contributed by atoms with Crippen LogP contribution in [0.1, 0.15) is 30.0 Å². The number of esters is 1. The number of thioether (sulfide) groups is 1. The summed E-state index contributed by atoms with van der Waals surface area (Å²) in [6.07, 6.45) is -0.704. The van der Waals surface area contributed by atoms with E-state index < -0.39 is 35.3 Å². The lowest BCUT2D eigenvalue weighted by molar-refractivity contribution is -0.154. The van der Waals surface area contributed by atoms with E-state index in [1.165, 1.54) is 16.7 Å². The van der Waals surface area contributed by atoms with Gasteiger partial charge in [-0.3, -0.25) is 14.5 Å². The molecule has 5 rings (SSSR count). The first-order chi connectivity index (χ1) is 19.9. The predicted octanol–water partition coefficient (Wildman–Crippen LogP) is 3.09. The normalized spacial score (nSPS) is 18.6. The summed E-state index contributed by atoms with van der Waals surface area (Å²) in [6.45, 7) is 1.91. The van der Waals surface area contributed by atoms with Crippen LogP contribution in [0, 0.1) is 0 Å². The van der Waals surface area contributed by atoms with E-state index in [1.807, 2.05) is 60.7 Å². The summed E-state index contributed by atoms with van der Waals surface area (Å²) < 4.78 is 10.1. The molecule has 41 heavy (non-hydrogen) atoms. The fourth-order valence-corrected chi connectivity index (χ4v) is 6.49. The number of hydrogen-bond donors (Lipinski definition) is 2. The Morgan fingerprint density at radius 3 is 2.39 bits per heavy atom. The van der Waals surface area contributed by atoms with Crippen LogP contribution in [0.2, 0.25) is 0 Å². The molecule has 2 atom stereocenters. The van der Waals surface area contributed by atoms with E-state index in [1.54, 1.807) is 6.92 Å². The van der Waals surface area contributed by atoms with Gasteiger partial charge in [-0.1, -0.05) is 65.8 Å². The lowest BCUT2D eigenvalue weighted by Gasteiger charge is -2.49. The van der Waals surface area contributed by atoms with E-state index in [2.05, 4.69) is 19.8 Å². The van der Waals surface area contributed by atoms with Crippen LogP contribution in [0.3, 0.4) is 0 Å². The maximum absolute atomic E-state index is 13.7. The zero-order valence-corrected chi connectivity index (χ0v) is 24.1. The molecule has 2 amide bonds. The van der Waals surface area contributed by atoms with Gasteiger partial charge in [0, 0.05) is 23.2 Å². The Morgan fingerprint density at radius 1 is 1.17 bits per heavy atom. The summed E-state index contributed by atoms with van der Waals surface area (Å²) >= 11 is 8.50. The van der Waals surface area contributed by atoms with E-state index >= 15 is 0 Å². The molecule has 11 nitrogen and oxygen atoms in total. The second kappa shape index (κ2) is 12.7. The molecule has 0 spiro atoms. The number of nitrogens with two attached hydrogens (primary N) is 1. The van der Waals surface area contributed by atoms with Crippen molar-refractivity contribution in [1.82, 2.24) is 19.6 Å². The lowest BCUT2D eigenvalue weighted by Crippen LogP contribution is -2.71. The van der Waals surface area contributed by atoms with E-state index in [0.29, 0.717) is 11.3 Å². The highest BCUT2D eigenvalue weighted by atomic mass is 35.5. The Labute approximate surface area is 248 Å². The number of halogens is 1. The molecule has 1 aromatic heterocycles. The molecule has 3 aromatic rings. The second-order valence-electron chi connectivity index (χ2n) is 8.87. The Balaban J connectivity index is 1.37. The average Bonchev–Trinajstić information content (AvgIpc) is 3.44. The van der Waals surface area contributed by atoms with Crippen molar-refractivity contribution in [3.63, 3.8) is 0 Å². The van der Waals surface area contributed by atoms with Gasteiger partial charge in [-0.15, -0.1) is 23.4 Å². The predicted molar refractivity (Wildman–Crippen MR) is 156 cm³/mol. The number of oxime groups is 1. The second-order valence-corrected chi connectivity index (χ2v) is 11.0. The number of carbonyl (C=O) groups excluding carboxylic acids is 3. The number of nitrogens with one attached hydrogen (secondary N) is 1. The minimum Gasteiger partial charge on any atom is -0.448 e. The van der Waals surface area contributed by atoms with Gasteiger partial charge in [-0.05, 0) is 23.6 Å². The number of β-lactam (4-membered cyclic amide) rings is 1. The number of carbonyl (C=O) groups is 3. The molecule has 0 aliphatic carbocycles. The summed E-state index contributed by atoms with van der Waals surface area (Å²) in [6, 6.07) is 17.7. The monoisotopic (exact) mass is 612 g/mol. The van der Waals surface area contributed by atoms with Crippen LogP contribution < -0.4 is 11.1 Å². The number of aromatic nitrogens is 2. The molecular formula is C27H25ClN6O5S2. The van der Waals surface area contributed by atoms with E-state index in [9.17, 15) is 14.4 Å². The van der Waals surface area contributed by atoms with Crippen LogP contribution in [0.15, 0.2) is 77.1 Å². The number of amides is 2. The third-order valence-corrected chi connectivity index (χ3v) is 8.48. The van der Waals surface area contributed by atoms with Gasteiger partial charge in [-0.2, -0.15) is 9.36 Å². The Hall–Kier alpha value is -3.94. The molecule has 1 saturated heterocycles. The topological polar surface area (TPSA) is 149 Å². The van der Waals surface area contributed by atoms with Crippen LogP contribution in [-0.2, 0) is 24.0 Å². The van der Waals surface area contributed by atoms with Crippen molar-refractivity contribution in [2.75, 3.05) is 24.0 Å². The number of fused-ring (bicyclic) bond motifs is 1. The van der Waals surface area contributed by atoms with Crippen LogP contribution in [0.4, 0.5) is 5.13 Å². The molecular weight excluding hydrogens is 588 g/mol. The molecule has 0 saturated carbocycles. The highest BCUT2D eigenvalue weighted by Crippen LogP contribution is 2.42. The van der Waals surface area contributed by atoms with Gasteiger partial charge in [0.05, 0.1) is 0 Å². The number of benzene rings is 2. The average molecular weight is 613 g/mol.